The highest BCUT2D eigenvalue weighted by molar-refractivity contribution is 6.40. The third kappa shape index (κ3) is 2.98. The van der Waals surface area contributed by atoms with Gasteiger partial charge in [0.1, 0.15) is 6.04 Å². The molecule has 1 aliphatic heterocycles. The first-order valence-corrected chi connectivity index (χ1v) is 4.43. The Morgan fingerprint density at radius 3 is 2.62 bits per heavy atom. The van der Waals surface area contributed by atoms with Crippen LogP contribution >= 0.6 is 0 Å². The second-order valence-electron chi connectivity index (χ2n) is 3.40. The molecule has 0 aromatic rings. The summed E-state index contributed by atoms with van der Waals surface area (Å²) in [4.78, 5) is 10.5. The second kappa shape index (κ2) is 4.60. The number of carbonyl (C=O) groups is 1. The summed E-state index contributed by atoms with van der Waals surface area (Å²) in [5.41, 5.74) is 0. The van der Waals surface area contributed by atoms with E-state index in [1.54, 1.807) is 0 Å². The number of aliphatic carboxylic acids is 1. The number of carboxylic acid groups (broad SMARTS) is 1. The Hall–Kier alpha value is -0.585. The summed E-state index contributed by atoms with van der Waals surface area (Å²) in [6.07, 6.45) is 1.72. The fourth-order valence-electron chi connectivity index (χ4n) is 1.52. The van der Waals surface area contributed by atoms with E-state index in [0.717, 1.165) is 13.0 Å². The van der Waals surface area contributed by atoms with Crippen LogP contribution in [0.2, 0.25) is 6.32 Å². The summed E-state index contributed by atoms with van der Waals surface area (Å²) in [6.45, 7) is 0.721. The third-order valence-corrected chi connectivity index (χ3v) is 2.37. The highest BCUT2D eigenvalue weighted by atomic mass is 16.4. The number of nitrogens with one attached hydrogen (secondary N) is 1. The minimum Gasteiger partial charge on any atom is -0.480 e. The van der Waals surface area contributed by atoms with Crippen LogP contribution in [0.3, 0.4) is 0 Å². The molecule has 4 N–H and O–H groups in total. The Morgan fingerprint density at radius 1 is 1.54 bits per heavy atom. The van der Waals surface area contributed by atoms with E-state index in [2.05, 4.69) is 5.32 Å². The van der Waals surface area contributed by atoms with Crippen molar-refractivity contribution in [2.24, 2.45) is 5.92 Å². The molecule has 1 heterocycles. The fourth-order valence-corrected chi connectivity index (χ4v) is 1.52. The van der Waals surface area contributed by atoms with Crippen LogP contribution in [0.15, 0.2) is 0 Å². The van der Waals surface area contributed by atoms with E-state index in [9.17, 15) is 4.79 Å². The lowest BCUT2D eigenvalue weighted by atomic mass is 9.79. The van der Waals surface area contributed by atoms with Gasteiger partial charge in [0.2, 0.25) is 0 Å². The maximum Gasteiger partial charge on any atom is 0.451 e. The third-order valence-electron chi connectivity index (χ3n) is 2.37. The van der Waals surface area contributed by atoms with Gasteiger partial charge < -0.3 is 20.5 Å². The quantitative estimate of drug-likeness (QED) is 0.410. The maximum absolute atomic E-state index is 10.5. The van der Waals surface area contributed by atoms with Crippen molar-refractivity contribution in [3.63, 3.8) is 0 Å². The van der Waals surface area contributed by atoms with Gasteiger partial charge >= 0.3 is 13.1 Å². The largest absolute Gasteiger partial charge is 0.480 e. The monoisotopic (exact) mass is 187 g/mol. The molecule has 0 bridgehead atoms. The zero-order chi connectivity index (χ0) is 9.84. The van der Waals surface area contributed by atoms with Crippen LogP contribution in [0.5, 0.6) is 0 Å². The molecule has 0 spiro atoms. The van der Waals surface area contributed by atoms with Crippen LogP contribution in [-0.2, 0) is 4.79 Å². The molecule has 0 aliphatic carbocycles. The molecule has 0 aromatic heterocycles. The first-order chi connectivity index (χ1) is 6.11. The molecule has 0 saturated carbocycles. The summed E-state index contributed by atoms with van der Waals surface area (Å²) >= 11 is 0. The van der Waals surface area contributed by atoms with Crippen molar-refractivity contribution in [1.29, 1.82) is 0 Å². The molecule has 74 valence electrons. The van der Waals surface area contributed by atoms with Gasteiger partial charge in [-0.3, -0.25) is 4.79 Å². The summed E-state index contributed by atoms with van der Waals surface area (Å²) in [6, 6.07) is -0.434. The van der Waals surface area contributed by atoms with Gasteiger partial charge in [0, 0.05) is 6.54 Å². The summed E-state index contributed by atoms with van der Waals surface area (Å²) in [5, 5.41) is 28.6. The zero-order valence-corrected chi connectivity index (χ0v) is 7.31. The van der Waals surface area contributed by atoms with Gasteiger partial charge in [-0.2, -0.15) is 0 Å². The Balaban J connectivity index is 2.12. The molecular weight excluding hydrogens is 173 g/mol. The molecule has 1 aliphatic rings. The van der Waals surface area contributed by atoms with Gasteiger partial charge in [-0.25, -0.2) is 0 Å². The van der Waals surface area contributed by atoms with Crippen molar-refractivity contribution < 1.29 is 19.9 Å². The zero-order valence-electron chi connectivity index (χ0n) is 7.31. The normalized spacial score (nSPS) is 26.6. The number of carboxylic acids is 1. The topological polar surface area (TPSA) is 89.8 Å². The highest BCUT2D eigenvalue weighted by Gasteiger charge is 2.35. The van der Waals surface area contributed by atoms with Gasteiger partial charge in [0.15, 0.2) is 0 Å². The molecule has 6 heteroatoms. The number of rotatable bonds is 5. The Kier molecular flexibility index (Phi) is 3.71. The first kappa shape index (κ1) is 10.5. The van der Waals surface area contributed by atoms with Crippen molar-refractivity contribution >= 4 is 13.1 Å². The Labute approximate surface area is 76.9 Å². The standard InChI is InChI=1S/C7H14BNO4/c10-7(11)6-5(4-9-6)2-1-3-8(12)13/h5-6,9,12-13H,1-4H2,(H,10,11)/t5-,6+/m1/s1. The van der Waals surface area contributed by atoms with Gasteiger partial charge in [0.05, 0.1) is 0 Å². The van der Waals surface area contributed by atoms with Crippen LogP contribution in [0, 0.1) is 5.92 Å². The van der Waals surface area contributed by atoms with E-state index in [1.165, 1.54) is 0 Å². The SMILES string of the molecule is O=C(O)[C@H]1NC[C@H]1CCCB(O)O. The molecule has 1 saturated heterocycles. The van der Waals surface area contributed by atoms with E-state index in [-0.39, 0.29) is 5.92 Å². The number of hydrogen-bond donors (Lipinski definition) is 4. The lowest BCUT2D eigenvalue weighted by molar-refractivity contribution is -0.143. The van der Waals surface area contributed by atoms with E-state index < -0.39 is 19.1 Å². The minimum atomic E-state index is -1.27. The predicted octanol–water partition coefficient (Wildman–Crippen LogP) is -1.09. The predicted molar refractivity (Wildman–Crippen MR) is 47.1 cm³/mol. The van der Waals surface area contributed by atoms with Crippen molar-refractivity contribution in [3.05, 3.63) is 0 Å². The maximum atomic E-state index is 10.5. The van der Waals surface area contributed by atoms with E-state index in [0.29, 0.717) is 12.7 Å². The van der Waals surface area contributed by atoms with Gasteiger partial charge in [-0.15, -0.1) is 0 Å². The van der Waals surface area contributed by atoms with Crippen molar-refractivity contribution in [1.82, 2.24) is 5.32 Å². The van der Waals surface area contributed by atoms with Gasteiger partial charge in [-0.05, 0) is 18.7 Å². The molecular formula is C7H14BNO4. The molecule has 0 amide bonds. The molecule has 0 radical (unpaired) electrons. The van der Waals surface area contributed by atoms with E-state index in [4.69, 9.17) is 15.2 Å². The number of hydrogen-bond acceptors (Lipinski definition) is 4. The van der Waals surface area contributed by atoms with Crippen molar-refractivity contribution in [2.75, 3.05) is 6.54 Å². The van der Waals surface area contributed by atoms with Gasteiger partial charge in [-0.1, -0.05) is 6.42 Å². The van der Waals surface area contributed by atoms with E-state index in [1.807, 2.05) is 0 Å². The summed E-state index contributed by atoms with van der Waals surface area (Å²) in [5.74, 6) is -0.669. The van der Waals surface area contributed by atoms with Crippen LogP contribution in [-0.4, -0.2) is 40.8 Å². The molecule has 1 fully saturated rings. The fraction of sp³-hybridized carbons (Fsp3) is 0.857. The lowest BCUT2D eigenvalue weighted by Gasteiger charge is -2.34. The molecule has 0 aromatic carbocycles. The minimum absolute atomic E-state index is 0.149. The van der Waals surface area contributed by atoms with E-state index >= 15 is 0 Å². The average molecular weight is 187 g/mol. The molecule has 13 heavy (non-hydrogen) atoms. The van der Waals surface area contributed by atoms with Crippen molar-refractivity contribution in [2.45, 2.75) is 25.2 Å². The summed E-state index contributed by atoms with van der Waals surface area (Å²) < 4.78 is 0. The average Bonchev–Trinajstić information content (AvgIpc) is 1.93. The molecule has 0 unspecified atom stereocenters. The molecule has 5 nitrogen and oxygen atoms in total. The summed E-state index contributed by atoms with van der Waals surface area (Å²) in [7, 11) is -1.27. The van der Waals surface area contributed by atoms with Crippen LogP contribution in [0.1, 0.15) is 12.8 Å². The Morgan fingerprint density at radius 2 is 2.23 bits per heavy atom. The van der Waals surface area contributed by atoms with Crippen LogP contribution in [0.4, 0.5) is 0 Å². The smallest absolute Gasteiger partial charge is 0.451 e. The lowest BCUT2D eigenvalue weighted by Crippen LogP contribution is -2.57. The highest BCUT2D eigenvalue weighted by Crippen LogP contribution is 2.20. The second-order valence-corrected chi connectivity index (χ2v) is 3.40. The van der Waals surface area contributed by atoms with Gasteiger partial charge in [0.25, 0.3) is 0 Å². The molecule has 1 rings (SSSR count). The Bertz CT molecular complexity index is 187. The van der Waals surface area contributed by atoms with Crippen LogP contribution in [0.25, 0.3) is 0 Å². The molecule has 2 atom stereocenters. The van der Waals surface area contributed by atoms with Crippen LogP contribution < -0.4 is 5.32 Å². The van der Waals surface area contributed by atoms with Crippen molar-refractivity contribution in [3.8, 4) is 0 Å². The first-order valence-electron chi connectivity index (χ1n) is 4.43.